The molecule has 12 heavy (non-hydrogen) atoms. The monoisotopic (exact) mass is 165 g/mol. The van der Waals surface area contributed by atoms with Crippen LogP contribution in [-0.4, -0.2) is 5.67 Å². The molecule has 0 radical (unpaired) electrons. The number of benzene rings is 1. The second-order valence-electron chi connectivity index (χ2n) is 3.57. The predicted molar refractivity (Wildman–Crippen MR) is 47.6 cm³/mol. The molecular formula is C10H12FN. The van der Waals surface area contributed by atoms with E-state index in [0.29, 0.717) is 6.42 Å². The van der Waals surface area contributed by atoms with Crippen LogP contribution in [-0.2, 0) is 6.42 Å². The largest absolute Gasteiger partial charge is 0.399 e. The van der Waals surface area contributed by atoms with Crippen molar-refractivity contribution in [1.29, 1.82) is 0 Å². The Morgan fingerprint density at radius 3 is 2.33 bits per heavy atom. The molecule has 0 saturated heterocycles. The van der Waals surface area contributed by atoms with Crippen molar-refractivity contribution < 1.29 is 4.39 Å². The minimum absolute atomic E-state index is 0.549. The van der Waals surface area contributed by atoms with E-state index in [1.54, 1.807) is 0 Å². The summed E-state index contributed by atoms with van der Waals surface area (Å²) in [7, 11) is 0. The second-order valence-corrected chi connectivity index (χ2v) is 3.57. The highest BCUT2D eigenvalue weighted by molar-refractivity contribution is 5.39. The molecule has 1 aliphatic carbocycles. The Morgan fingerprint density at radius 2 is 1.83 bits per heavy atom. The molecule has 0 unspecified atom stereocenters. The Labute approximate surface area is 71.4 Å². The molecule has 1 aromatic carbocycles. The first-order valence-electron chi connectivity index (χ1n) is 4.21. The van der Waals surface area contributed by atoms with Crippen molar-refractivity contribution in [3.8, 4) is 0 Å². The van der Waals surface area contributed by atoms with Gasteiger partial charge >= 0.3 is 0 Å². The van der Waals surface area contributed by atoms with Crippen LogP contribution in [0.1, 0.15) is 18.4 Å². The Kier molecular flexibility index (Phi) is 1.56. The molecule has 0 spiro atoms. The van der Waals surface area contributed by atoms with Crippen molar-refractivity contribution in [1.82, 2.24) is 0 Å². The molecule has 2 N–H and O–H groups in total. The molecule has 2 rings (SSSR count). The maximum absolute atomic E-state index is 13.3. The van der Waals surface area contributed by atoms with Crippen molar-refractivity contribution in [2.24, 2.45) is 0 Å². The van der Waals surface area contributed by atoms with Crippen LogP contribution in [0.3, 0.4) is 0 Å². The zero-order valence-corrected chi connectivity index (χ0v) is 6.89. The van der Waals surface area contributed by atoms with Gasteiger partial charge in [-0.2, -0.15) is 0 Å². The first-order chi connectivity index (χ1) is 5.68. The highest BCUT2D eigenvalue weighted by atomic mass is 19.1. The van der Waals surface area contributed by atoms with Gasteiger partial charge in [0.15, 0.2) is 0 Å². The van der Waals surface area contributed by atoms with Gasteiger partial charge in [0.25, 0.3) is 0 Å². The molecule has 0 bridgehead atoms. The Balaban J connectivity index is 2.08. The van der Waals surface area contributed by atoms with Gasteiger partial charge in [0, 0.05) is 12.1 Å². The third kappa shape index (κ3) is 1.58. The van der Waals surface area contributed by atoms with Crippen LogP contribution >= 0.6 is 0 Å². The average molecular weight is 165 g/mol. The van der Waals surface area contributed by atoms with Crippen molar-refractivity contribution in [2.75, 3.05) is 5.73 Å². The number of rotatable bonds is 2. The lowest BCUT2D eigenvalue weighted by molar-refractivity contribution is 0.308. The normalized spacial score (nSPS) is 19.1. The summed E-state index contributed by atoms with van der Waals surface area (Å²) < 4.78 is 13.3. The number of alkyl halides is 1. The molecule has 2 heteroatoms. The third-order valence-corrected chi connectivity index (χ3v) is 2.29. The van der Waals surface area contributed by atoms with E-state index in [4.69, 9.17) is 5.73 Å². The molecule has 1 nitrogen and oxygen atoms in total. The standard InChI is InChI=1S/C10H12FN/c11-10(5-6-10)7-8-1-3-9(12)4-2-8/h1-4H,5-7,12H2. The van der Waals surface area contributed by atoms with Gasteiger partial charge in [-0.05, 0) is 30.5 Å². The summed E-state index contributed by atoms with van der Waals surface area (Å²) in [5.74, 6) is 0. The molecule has 64 valence electrons. The average Bonchev–Trinajstić information content (AvgIpc) is 2.74. The number of halogens is 1. The predicted octanol–water partition coefficient (Wildman–Crippen LogP) is 2.31. The van der Waals surface area contributed by atoms with Gasteiger partial charge in [0.2, 0.25) is 0 Å². The van der Waals surface area contributed by atoms with Crippen LogP contribution in [0, 0.1) is 0 Å². The number of hydrogen-bond donors (Lipinski definition) is 1. The van der Waals surface area contributed by atoms with E-state index in [1.165, 1.54) is 0 Å². The van der Waals surface area contributed by atoms with E-state index in [-0.39, 0.29) is 0 Å². The zero-order valence-electron chi connectivity index (χ0n) is 6.89. The Hall–Kier alpha value is -1.05. The number of hydrogen-bond acceptors (Lipinski definition) is 1. The topological polar surface area (TPSA) is 26.0 Å². The van der Waals surface area contributed by atoms with Crippen molar-refractivity contribution in [3.63, 3.8) is 0 Å². The molecule has 1 aliphatic rings. The van der Waals surface area contributed by atoms with E-state index in [9.17, 15) is 4.39 Å². The van der Waals surface area contributed by atoms with E-state index in [0.717, 1.165) is 24.1 Å². The van der Waals surface area contributed by atoms with Crippen molar-refractivity contribution in [2.45, 2.75) is 24.9 Å². The number of nitrogen functional groups attached to an aromatic ring is 1. The van der Waals surface area contributed by atoms with Crippen LogP contribution in [0.15, 0.2) is 24.3 Å². The lowest BCUT2D eigenvalue weighted by Gasteiger charge is -2.04. The molecule has 0 aliphatic heterocycles. The molecule has 1 saturated carbocycles. The Bertz CT molecular complexity index is 274. The summed E-state index contributed by atoms with van der Waals surface area (Å²) in [5.41, 5.74) is 6.40. The molecule has 0 aromatic heterocycles. The van der Waals surface area contributed by atoms with Gasteiger partial charge < -0.3 is 5.73 Å². The highest BCUT2D eigenvalue weighted by Gasteiger charge is 2.42. The summed E-state index contributed by atoms with van der Waals surface area (Å²) in [6, 6.07) is 7.44. The smallest absolute Gasteiger partial charge is 0.115 e. The molecule has 0 heterocycles. The number of anilines is 1. The van der Waals surface area contributed by atoms with Gasteiger partial charge in [-0.25, -0.2) is 4.39 Å². The molecule has 1 aromatic rings. The van der Waals surface area contributed by atoms with Crippen molar-refractivity contribution >= 4 is 5.69 Å². The van der Waals surface area contributed by atoms with Gasteiger partial charge in [-0.15, -0.1) is 0 Å². The van der Waals surface area contributed by atoms with E-state index < -0.39 is 5.67 Å². The van der Waals surface area contributed by atoms with E-state index in [1.807, 2.05) is 24.3 Å². The summed E-state index contributed by atoms with van der Waals surface area (Å²) in [4.78, 5) is 0. The summed E-state index contributed by atoms with van der Waals surface area (Å²) in [6.07, 6.45) is 1.99. The molecule has 0 atom stereocenters. The Morgan fingerprint density at radius 1 is 1.25 bits per heavy atom. The number of nitrogens with two attached hydrogens (primary N) is 1. The van der Waals surface area contributed by atoms with E-state index >= 15 is 0 Å². The van der Waals surface area contributed by atoms with Crippen LogP contribution in [0.2, 0.25) is 0 Å². The molecule has 0 amide bonds. The van der Waals surface area contributed by atoms with Gasteiger partial charge in [-0.3, -0.25) is 0 Å². The molecule has 1 fully saturated rings. The SMILES string of the molecule is Nc1ccc(CC2(F)CC2)cc1. The van der Waals surface area contributed by atoms with Gasteiger partial charge in [0.05, 0.1) is 0 Å². The van der Waals surface area contributed by atoms with Crippen LogP contribution in [0.5, 0.6) is 0 Å². The van der Waals surface area contributed by atoms with Crippen LogP contribution in [0.25, 0.3) is 0 Å². The lowest BCUT2D eigenvalue weighted by Crippen LogP contribution is -2.03. The maximum Gasteiger partial charge on any atom is 0.115 e. The fourth-order valence-corrected chi connectivity index (χ4v) is 1.31. The fraction of sp³-hybridized carbons (Fsp3) is 0.400. The minimum atomic E-state index is -0.893. The van der Waals surface area contributed by atoms with Crippen molar-refractivity contribution in [3.05, 3.63) is 29.8 Å². The third-order valence-electron chi connectivity index (χ3n) is 2.29. The van der Waals surface area contributed by atoms with Crippen LogP contribution in [0.4, 0.5) is 10.1 Å². The van der Waals surface area contributed by atoms with Gasteiger partial charge in [-0.1, -0.05) is 12.1 Å². The lowest BCUT2D eigenvalue weighted by atomic mass is 10.1. The van der Waals surface area contributed by atoms with Crippen LogP contribution < -0.4 is 5.73 Å². The molecular weight excluding hydrogens is 153 g/mol. The first kappa shape index (κ1) is 7.59. The summed E-state index contributed by atoms with van der Waals surface area (Å²) in [5, 5.41) is 0. The summed E-state index contributed by atoms with van der Waals surface area (Å²) in [6.45, 7) is 0. The zero-order chi connectivity index (χ0) is 8.60. The highest BCUT2D eigenvalue weighted by Crippen LogP contribution is 2.42. The quantitative estimate of drug-likeness (QED) is 0.668. The van der Waals surface area contributed by atoms with Gasteiger partial charge in [0.1, 0.15) is 5.67 Å². The minimum Gasteiger partial charge on any atom is -0.399 e. The summed E-state index contributed by atoms with van der Waals surface area (Å²) >= 11 is 0. The fourth-order valence-electron chi connectivity index (χ4n) is 1.31. The first-order valence-corrected chi connectivity index (χ1v) is 4.21. The second kappa shape index (κ2) is 2.47. The maximum atomic E-state index is 13.3. The van der Waals surface area contributed by atoms with E-state index in [2.05, 4.69) is 0 Å².